The molecule has 0 radical (unpaired) electrons. The second kappa shape index (κ2) is 7.38. The lowest BCUT2D eigenvalue weighted by molar-refractivity contribution is -0.174. The summed E-state index contributed by atoms with van der Waals surface area (Å²) in [5.41, 5.74) is -2.15. The zero-order chi connectivity index (χ0) is 17.8. The number of carbonyl (C=O) groups excluding carboxylic acids is 2. The van der Waals surface area contributed by atoms with Crippen molar-refractivity contribution < 1.29 is 19.4 Å². The smallest absolute Gasteiger partial charge is 0.340 e. The molecule has 1 aromatic rings. The minimum atomic E-state index is -1.84. The largest absolute Gasteiger partial charge is 0.458 e. The van der Waals surface area contributed by atoms with Gasteiger partial charge in [-0.05, 0) is 45.9 Å². The van der Waals surface area contributed by atoms with Crippen LogP contribution in [0.5, 0.6) is 0 Å². The maximum Gasteiger partial charge on any atom is 0.340 e. The van der Waals surface area contributed by atoms with Crippen LogP contribution < -0.4 is 10.6 Å². The molecule has 1 rings (SSSR count). The first-order valence-electron chi connectivity index (χ1n) is 6.86. The van der Waals surface area contributed by atoms with Gasteiger partial charge in [0, 0.05) is 5.69 Å². The Morgan fingerprint density at radius 1 is 1.17 bits per heavy atom. The summed E-state index contributed by atoms with van der Waals surface area (Å²) in [6, 6.07) is 3.98. The Morgan fingerprint density at radius 2 is 1.78 bits per heavy atom. The molecule has 128 valence electrons. The second-order valence-electron chi connectivity index (χ2n) is 6.21. The zero-order valence-corrected chi connectivity index (χ0v) is 14.9. The first-order valence-corrected chi connectivity index (χ1v) is 7.62. The predicted octanol–water partition coefficient (Wildman–Crippen LogP) is 3.21. The molecule has 0 aromatic heterocycles. The molecule has 0 heterocycles. The number of esters is 1. The van der Waals surface area contributed by atoms with Gasteiger partial charge in [0.15, 0.2) is 5.60 Å². The van der Waals surface area contributed by atoms with Crippen molar-refractivity contribution in [2.24, 2.45) is 0 Å². The Labute approximate surface area is 145 Å². The number of rotatable bonds is 4. The van der Waals surface area contributed by atoms with Crippen LogP contribution in [-0.2, 0) is 9.53 Å². The van der Waals surface area contributed by atoms with Crippen LogP contribution in [-0.4, -0.2) is 34.9 Å². The topological polar surface area (TPSA) is 87.7 Å². The van der Waals surface area contributed by atoms with Gasteiger partial charge in [0.25, 0.3) is 0 Å². The minimum absolute atomic E-state index is 0.296. The van der Waals surface area contributed by atoms with E-state index in [2.05, 4.69) is 10.6 Å². The van der Waals surface area contributed by atoms with Gasteiger partial charge in [-0.25, -0.2) is 9.59 Å². The molecule has 8 heteroatoms. The van der Waals surface area contributed by atoms with Crippen molar-refractivity contribution in [3.63, 3.8) is 0 Å². The van der Waals surface area contributed by atoms with Crippen LogP contribution in [0, 0.1) is 0 Å². The number of hydrogen-bond donors (Lipinski definition) is 3. The number of hydrogen-bond acceptors (Lipinski definition) is 4. The van der Waals surface area contributed by atoms with Gasteiger partial charge in [-0.3, -0.25) is 0 Å². The van der Waals surface area contributed by atoms with E-state index in [1.165, 1.54) is 19.1 Å². The van der Waals surface area contributed by atoms with Crippen molar-refractivity contribution in [2.45, 2.75) is 38.9 Å². The van der Waals surface area contributed by atoms with Gasteiger partial charge < -0.3 is 20.5 Å². The van der Waals surface area contributed by atoms with Gasteiger partial charge in [-0.2, -0.15) is 0 Å². The number of amides is 2. The molecule has 3 N–H and O–H groups in total. The standard InChI is InChI=1S/C15H20Cl2N2O4/c1-14(2,3)23-12(20)15(4,22)8-18-13(21)19-9-5-6-10(16)11(17)7-9/h5-7,22H,8H2,1-4H3,(H2,18,19,21)/t15-/m1/s1. The molecule has 1 aromatic carbocycles. The Kier molecular flexibility index (Phi) is 6.27. The van der Waals surface area contributed by atoms with E-state index in [4.69, 9.17) is 27.9 Å². The van der Waals surface area contributed by atoms with Crippen LogP contribution in [0.2, 0.25) is 10.0 Å². The maximum absolute atomic E-state index is 11.9. The van der Waals surface area contributed by atoms with Gasteiger partial charge in [0.2, 0.25) is 0 Å². The average Bonchev–Trinajstić information content (AvgIpc) is 2.39. The lowest BCUT2D eigenvalue weighted by Gasteiger charge is -2.27. The first kappa shape index (κ1) is 19.5. The molecular weight excluding hydrogens is 343 g/mol. The van der Waals surface area contributed by atoms with E-state index in [9.17, 15) is 14.7 Å². The summed E-state index contributed by atoms with van der Waals surface area (Å²) in [7, 11) is 0. The van der Waals surface area contributed by atoms with Crippen molar-refractivity contribution in [3.8, 4) is 0 Å². The van der Waals surface area contributed by atoms with E-state index in [1.807, 2.05) is 0 Å². The molecule has 0 unspecified atom stereocenters. The summed E-state index contributed by atoms with van der Waals surface area (Å²) < 4.78 is 5.09. The fourth-order valence-electron chi connectivity index (χ4n) is 1.46. The quantitative estimate of drug-likeness (QED) is 0.717. The number of nitrogens with one attached hydrogen (secondary N) is 2. The molecule has 0 aliphatic carbocycles. The van der Waals surface area contributed by atoms with Gasteiger partial charge in [-0.15, -0.1) is 0 Å². The number of carbonyl (C=O) groups is 2. The van der Waals surface area contributed by atoms with Crippen LogP contribution in [0.1, 0.15) is 27.7 Å². The lowest BCUT2D eigenvalue weighted by Crippen LogP contribution is -2.50. The predicted molar refractivity (Wildman–Crippen MR) is 90.0 cm³/mol. The molecule has 23 heavy (non-hydrogen) atoms. The average molecular weight is 363 g/mol. The summed E-state index contributed by atoms with van der Waals surface area (Å²) in [5.74, 6) is -0.820. The number of anilines is 1. The van der Waals surface area contributed by atoms with E-state index >= 15 is 0 Å². The van der Waals surface area contributed by atoms with Crippen molar-refractivity contribution in [1.29, 1.82) is 0 Å². The van der Waals surface area contributed by atoms with Crippen LogP contribution in [0.4, 0.5) is 10.5 Å². The van der Waals surface area contributed by atoms with Gasteiger partial charge in [-0.1, -0.05) is 23.2 Å². The highest BCUT2D eigenvalue weighted by molar-refractivity contribution is 6.42. The van der Waals surface area contributed by atoms with Crippen LogP contribution in [0.3, 0.4) is 0 Å². The minimum Gasteiger partial charge on any atom is -0.458 e. The third-order valence-corrected chi connectivity index (χ3v) is 3.35. The van der Waals surface area contributed by atoms with Crippen molar-refractivity contribution in [2.75, 3.05) is 11.9 Å². The third kappa shape index (κ3) is 6.64. The molecule has 0 aliphatic rings. The normalized spacial score (nSPS) is 13.9. The molecule has 0 fully saturated rings. The van der Waals surface area contributed by atoms with E-state index in [-0.39, 0.29) is 6.54 Å². The van der Waals surface area contributed by atoms with Crippen LogP contribution >= 0.6 is 23.2 Å². The monoisotopic (exact) mass is 362 g/mol. The maximum atomic E-state index is 11.9. The summed E-state index contributed by atoms with van der Waals surface area (Å²) in [6.07, 6.45) is 0. The second-order valence-corrected chi connectivity index (χ2v) is 7.03. The van der Waals surface area contributed by atoms with Gasteiger partial charge in [0.05, 0.1) is 16.6 Å². The number of aliphatic hydroxyl groups is 1. The lowest BCUT2D eigenvalue weighted by atomic mass is 10.1. The highest BCUT2D eigenvalue weighted by Crippen LogP contribution is 2.24. The van der Waals surface area contributed by atoms with E-state index in [1.54, 1.807) is 26.8 Å². The fraction of sp³-hybridized carbons (Fsp3) is 0.467. The van der Waals surface area contributed by atoms with E-state index in [0.717, 1.165) is 0 Å². The third-order valence-electron chi connectivity index (χ3n) is 2.61. The number of benzene rings is 1. The number of ether oxygens (including phenoxy) is 1. The van der Waals surface area contributed by atoms with Crippen molar-refractivity contribution in [3.05, 3.63) is 28.2 Å². The summed E-state index contributed by atoms with van der Waals surface area (Å²) in [6.45, 7) is 6.01. The molecule has 0 aliphatic heterocycles. The molecule has 0 saturated heterocycles. The van der Waals surface area contributed by atoms with Gasteiger partial charge >= 0.3 is 12.0 Å². The zero-order valence-electron chi connectivity index (χ0n) is 13.4. The van der Waals surface area contributed by atoms with Crippen LogP contribution in [0.15, 0.2) is 18.2 Å². The number of halogens is 2. The Bertz CT molecular complexity index is 598. The molecule has 0 saturated carbocycles. The van der Waals surface area contributed by atoms with E-state index < -0.39 is 23.2 Å². The summed E-state index contributed by atoms with van der Waals surface area (Å²) >= 11 is 11.6. The SMILES string of the molecule is CC(C)(C)OC(=O)[C@](C)(O)CNC(=O)Nc1ccc(Cl)c(Cl)c1. The van der Waals surface area contributed by atoms with Crippen molar-refractivity contribution in [1.82, 2.24) is 5.32 Å². The highest BCUT2D eigenvalue weighted by Gasteiger charge is 2.35. The Morgan fingerprint density at radius 3 is 2.30 bits per heavy atom. The summed E-state index contributed by atoms with van der Waals surface area (Å²) in [4.78, 5) is 23.7. The Hall–Kier alpha value is -1.50. The molecule has 2 amide bonds. The first-order chi connectivity index (χ1) is 10.4. The molecular formula is C15H20Cl2N2O4. The summed E-state index contributed by atoms with van der Waals surface area (Å²) in [5, 5.41) is 15.7. The van der Waals surface area contributed by atoms with Crippen molar-refractivity contribution >= 4 is 40.9 Å². The fourth-order valence-corrected chi connectivity index (χ4v) is 1.76. The molecule has 0 bridgehead atoms. The molecule has 0 spiro atoms. The Balaban J connectivity index is 2.57. The highest BCUT2D eigenvalue weighted by atomic mass is 35.5. The molecule has 6 nitrogen and oxygen atoms in total. The van der Waals surface area contributed by atoms with E-state index in [0.29, 0.717) is 15.7 Å². The number of urea groups is 1. The van der Waals surface area contributed by atoms with Gasteiger partial charge in [0.1, 0.15) is 5.60 Å². The van der Waals surface area contributed by atoms with Crippen LogP contribution in [0.25, 0.3) is 0 Å². The molecule has 1 atom stereocenters.